The number of ketones is 1. The summed E-state index contributed by atoms with van der Waals surface area (Å²) in [5, 5.41) is 3.11. The second-order valence-corrected chi connectivity index (χ2v) is 9.84. The summed E-state index contributed by atoms with van der Waals surface area (Å²) >= 11 is 0. The molecule has 6 nitrogen and oxygen atoms in total. The first-order valence-electron chi connectivity index (χ1n) is 10.8. The van der Waals surface area contributed by atoms with Crippen LogP contribution in [0.2, 0.25) is 0 Å². The molecule has 0 bridgehead atoms. The van der Waals surface area contributed by atoms with Crippen molar-refractivity contribution in [3.8, 4) is 0 Å². The van der Waals surface area contributed by atoms with Crippen molar-refractivity contribution >= 4 is 27.4 Å². The lowest BCUT2D eigenvalue weighted by Crippen LogP contribution is -2.41. The number of amides is 1. The highest BCUT2D eigenvalue weighted by Crippen LogP contribution is 2.27. The first-order chi connectivity index (χ1) is 14.8. The minimum Gasteiger partial charge on any atom is -0.325 e. The number of carbonyl (C=O) groups excluding carboxylic acids is 2. The van der Waals surface area contributed by atoms with Crippen molar-refractivity contribution in [2.45, 2.75) is 51.3 Å². The Morgan fingerprint density at radius 1 is 0.968 bits per heavy atom. The number of anilines is 1. The number of hydrogen-bond acceptors (Lipinski definition) is 4. The van der Waals surface area contributed by atoms with Crippen molar-refractivity contribution in [3.05, 3.63) is 59.2 Å². The van der Waals surface area contributed by atoms with Crippen LogP contribution in [0, 0.1) is 5.92 Å². The highest BCUT2D eigenvalue weighted by molar-refractivity contribution is 7.89. The number of Topliss-reactive ketones (excluding diaryl/α,β-unsaturated/α-hetero) is 1. The van der Waals surface area contributed by atoms with Gasteiger partial charge in [-0.2, -0.15) is 4.31 Å². The van der Waals surface area contributed by atoms with E-state index in [0.717, 1.165) is 29.7 Å². The van der Waals surface area contributed by atoms with E-state index in [1.54, 1.807) is 0 Å². The largest absolute Gasteiger partial charge is 0.325 e. The molecule has 0 aromatic heterocycles. The van der Waals surface area contributed by atoms with Gasteiger partial charge in [0, 0.05) is 30.3 Å². The van der Waals surface area contributed by atoms with Gasteiger partial charge in [-0.1, -0.05) is 44.2 Å². The lowest BCUT2D eigenvalue weighted by atomic mass is 9.96. The van der Waals surface area contributed by atoms with Crippen molar-refractivity contribution in [2.24, 2.45) is 5.92 Å². The maximum Gasteiger partial charge on any atom is 0.243 e. The fraction of sp³-hybridized carbons (Fsp3) is 0.417. The summed E-state index contributed by atoms with van der Waals surface area (Å²) in [6.07, 6.45) is 2.63. The number of carbonyl (C=O) groups is 2. The van der Waals surface area contributed by atoms with Crippen LogP contribution in [0.3, 0.4) is 0 Å². The number of hydrogen-bond donors (Lipinski definition) is 1. The van der Waals surface area contributed by atoms with Crippen LogP contribution in [0.5, 0.6) is 0 Å². The maximum atomic E-state index is 12.9. The number of aryl methyl sites for hydroxylation is 2. The molecule has 1 heterocycles. The first kappa shape index (κ1) is 23.2. The van der Waals surface area contributed by atoms with E-state index in [2.05, 4.69) is 19.2 Å². The molecule has 3 rings (SSSR count). The Labute approximate surface area is 184 Å². The van der Waals surface area contributed by atoms with Crippen LogP contribution < -0.4 is 5.32 Å². The summed E-state index contributed by atoms with van der Waals surface area (Å²) < 4.78 is 27.3. The van der Waals surface area contributed by atoms with E-state index in [1.165, 1.54) is 35.5 Å². The molecule has 2 aromatic carbocycles. The van der Waals surface area contributed by atoms with E-state index >= 15 is 0 Å². The van der Waals surface area contributed by atoms with Gasteiger partial charge in [0.1, 0.15) is 0 Å². The smallest absolute Gasteiger partial charge is 0.243 e. The van der Waals surface area contributed by atoms with E-state index in [9.17, 15) is 18.0 Å². The van der Waals surface area contributed by atoms with Gasteiger partial charge in [0.05, 0.1) is 4.90 Å². The van der Waals surface area contributed by atoms with Crippen LogP contribution in [0.4, 0.5) is 5.69 Å². The number of sulfonamides is 1. The fourth-order valence-electron chi connectivity index (χ4n) is 4.00. The Hall–Kier alpha value is -2.51. The number of benzene rings is 2. The third-order valence-electron chi connectivity index (χ3n) is 5.97. The molecule has 1 aliphatic heterocycles. The first-order valence-corrected chi connectivity index (χ1v) is 12.2. The van der Waals surface area contributed by atoms with Crippen molar-refractivity contribution in [1.29, 1.82) is 0 Å². The maximum absolute atomic E-state index is 12.9. The summed E-state index contributed by atoms with van der Waals surface area (Å²) in [4.78, 5) is 24.5. The molecule has 0 aliphatic carbocycles. The normalized spacial score (nSPS) is 15.6. The van der Waals surface area contributed by atoms with E-state index in [4.69, 9.17) is 0 Å². The summed E-state index contributed by atoms with van der Waals surface area (Å²) in [7, 11) is -3.64. The molecule has 0 atom stereocenters. The standard InChI is InChI=1S/C24H30N2O4S/c1-4-18-7-6-8-19(5-2)23(18)25-24(28)21-13-15-26(16-14-21)31(29,30)22-11-9-20(10-12-22)17(3)27/h6-12,21H,4-5,13-16H2,1-3H3,(H,25,28). The lowest BCUT2D eigenvalue weighted by molar-refractivity contribution is -0.120. The molecule has 1 aliphatic rings. The summed E-state index contributed by atoms with van der Waals surface area (Å²) in [5.74, 6) is -0.369. The highest BCUT2D eigenvalue weighted by atomic mass is 32.2. The molecule has 0 spiro atoms. The van der Waals surface area contributed by atoms with Gasteiger partial charge in [0.15, 0.2) is 5.78 Å². The van der Waals surface area contributed by atoms with Gasteiger partial charge in [-0.25, -0.2) is 8.42 Å². The summed E-state index contributed by atoms with van der Waals surface area (Å²) in [6.45, 7) is 6.17. The SMILES string of the molecule is CCc1cccc(CC)c1NC(=O)C1CCN(S(=O)(=O)c2ccc(C(C)=O)cc2)CC1. The topological polar surface area (TPSA) is 83.6 Å². The molecule has 1 N–H and O–H groups in total. The van der Waals surface area contributed by atoms with Gasteiger partial charge >= 0.3 is 0 Å². The predicted molar refractivity (Wildman–Crippen MR) is 122 cm³/mol. The van der Waals surface area contributed by atoms with E-state index in [1.807, 2.05) is 18.2 Å². The molecule has 166 valence electrons. The number of nitrogens with zero attached hydrogens (tertiary/aromatic N) is 1. The zero-order valence-electron chi connectivity index (χ0n) is 18.3. The summed E-state index contributed by atoms with van der Waals surface area (Å²) in [5.41, 5.74) is 3.61. The molecule has 2 aromatic rings. The number of nitrogens with one attached hydrogen (secondary N) is 1. The Kier molecular flexibility index (Phi) is 7.28. The Balaban J connectivity index is 1.66. The van der Waals surface area contributed by atoms with Crippen LogP contribution in [0.25, 0.3) is 0 Å². The lowest BCUT2D eigenvalue weighted by Gasteiger charge is -2.31. The molecule has 7 heteroatoms. The van der Waals surface area contributed by atoms with Crippen molar-refractivity contribution < 1.29 is 18.0 Å². The van der Waals surface area contributed by atoms with Crippen LogP contribution in [-0.2, 0) is 27.7 Å². The van der Waals surface area contributed by atoms with Gasteiger partial charge in [0.25, 0.3) is 0 Å². The molecule has 0 unspecified atom stereocenters. The quantitative estimate of drug-likeness (QED) is 0.656. The monoisotopic (exact) mass is 442 g/mol. The van der Waals surface area contributed by atoms with Crippen molar-refractivity contribution in [2.75, 3.05) is 18.4 Å². The molecule has 1 fully saturated rings. The van der Waals surface area contributed by atoms with Gasteiger partial charge in [0.2, 0.25) is 15.9 Å². The summed E-state index contributed by atoms with van der Waals surface area (Å²) in [6, 6.07) is 12.1. The molecule has 31 heavy (non-hydrogen) atoms. The number of para-hydroxylation sites is 1. The average Bonchev–Trinajstić information content (AvgIpc) is 2.79. The van der Waals surface area contributed by atoms with E-state index < -0.39 is 10.0 Å². The Morgan fingerprint density at radius 3 is 2.00 bits per heavy atom. The van der Waals surface area contributed by atoms with Crippen molar-refractivity contribution in [1.82, 2.24) is 4.31 Å². The van der Waals surface area contributed by atoms with Crippen LogP contribution >= 0.6 is 0 Å². The van der Waals surface area contributed by atoms with E-state index in [-0.39, 0.29) is 22.5 Å². The third kappa shape index (κ3) is 5.05. The molecule has 1 amide bonds. The highest BCUT2D eigenvalue weighted by Gasteiger charge is 2.32. The van der Waals surface area contributed by atoms with Gasteiger partial charge in [-0.05, 0) is 55.9 Å². The molecular formula is C24H30N2O4S. The molecule has 1 saturated heterocycles. The third-order valence-corrected chi connectivity index (χ3v) is 7.88. The average molecular weight is 443 g/mol. The Morgan fingerprint density at radius 2 is 1.52 bits per heavy atom. The zero-order valence-corrected chi connectivity index (χ0v) is 19.2. The molecule has 0 radical (unpaired) electrons. The van der Waals surface area contributed by atoms with Crippen LogP contribution in [-0.4, -0.2) is 37.5 Å². The van der Waals surface area contributed by atoms with E-state index in [0.29, 0.717) is 31.5 Å². The van der Waals surface area contributed by atoms with Crippen molar-refractivity contribution in [3.63, 3.8) is 0 Å². The fourth-order valence-corrected chi connectivity index (χ4v) is 5.47. The van der Waals surface area contributed by atoms with Gasteiger partial charge < -0.3 is 5.32 Å². The molecule has 0 saturated carbocycles. The van der Waals surface area contributed by atoms with Gasteiger partial charge in [-0.3, -0.25) is 9.59 Å². The minimum atomic E-state index is -3.64. The van der Waals surface area contributed by atoms with Crippen LogP contribution in [0.15, 0.2) is 47.4 Å². The zero-order chi connectivity index (χ0) is 22.6. The number of rotatable bonds is 7. The van der Waals surface area contributed by atoms with Gasteiger partial charge in [-0.15, -0.1) is 0 Å². The molecular weight excluding hydrogens is 412 g/mol. The second kappa shape index (κ2) is 9.75. The van der Waals surface area contributed by atoms with Crippen LogP contribution in [0.1, 0.15) is 55.1 Å². The minimum absolute atomic E-state index is 0.0431. The second-order valence-electron chi connectivity index (χ2n) is 7.91. The Bertz CT molecular complexity index is 1030. The predicted octanol–water partition coefficient (Wildman–Crippen LogP) is 4.05. The number of piperidine rings is 1.